The largest absolute Gasteiger partial charge is 0.491 e. The van der Waals surface area contributed by atoms with Gasteiger partial charge in [0, 0.05) is 5.41 Å². The van der Waals surface area contributed by atoms with Crippen molar-refractivity contribution in [2.24, 2.45) is 0 Å². The number of halogens is 1. The molecule has 2 N–H and O–H groups in total. The van der Waals surface area contributed by atoms with Crippen molar-refractivity contribution in [3.8, 4) is 11.5 Å². The van der Waals surface area contributed by atoms with Gasteiger partial charge in [0.2, 0.25) is 0 Å². The third-order valence-corrected chi connectivity index (χ3v) is 5.12. The second kappa shape index (κ2) is 12.0. The van der Waals surface area contributed by atoms with Gasteiger partial charge >= 0.3 is 0 Å². The van der Waals surface area contributed by atoms with Crippen LogP contribution in [-0.2, 0) is 10.2 Å². The number of aliphatic hydroxyl groups is 2. The molecule has 0 aromatic heterocycles. The average Bonchev–Trinajstić information content (AvgIpc) is 2.76. The van der Waals surface area contributed by atoms with E-state index in [1.54, 1.807) is 6.08 Å². The van der Waals surface area contributed by atoms with Gasteiger partial charge in [-0.1, -0.05) is 44.2 Å². The van der Waals surface area contributed by atoms with Crippen LogP contribution in [0, 0.1) is 0 Å². The quantitative estimate of drug-likeness (QED) is 0.284. The van der Waals surface area contributed by atoms with E-state index in [1.165, 1.54) is 0 Å². The molecule has 0 aliphatic carbocycles. The van der Waals surface area contributed by atoms with E-state index in [1.807, 2.05) is 48.5 Å². The maximum Gasteiger partial charge on any atom is 0.119 e. The van der Waals surface area contributed by atoms with Crippen molar-refractivity contribution in [2.45, 2.75) is 31.5 Å². The lowest BCUT2D eigenvalue weighted by Gasteiger charge is -2.26. The number of alkyl halides is 1. The predicted octanol–water partition coefficient (Wildman–Crippen LogP) is 3.93. The van der Waals surface area contributed by atoms with E-state index < -0.39 is 12.2 Å². The highest BCUT2D eigenvalue weighted by Gasteiger charge is 2.23. The summed E-state index contributed by atoms with van der Waals surface area (Å²) < 4.78 is 16.4. The summed E-state index contributed by atoms with van der Waals surface area (Å²) in [4.78, 5) is 0. The van der Waals surface area contributed by atoms with Gasteiger partial charge in [-0.15, -0.1) is 18.2 Å². The Morgan fingerprint density at radius 1 is 0.867 bits per heavy atom. The highest BCUT2D eigenvalue weighted by molar-refractivity contribution is 6.18. The molecule has 0 fully saturated rings. The lowest BCUT2D eigenvalue weighted by molar-refractivity contribution is 0.0214. The second-order valence-corrected chi connectivity index (χ2v) is 7.89. The fourth-order valence-corrected chi connectivity index (χ4v) is 2.96. The highest BCUT2D eigenvalue weighted by atomic mass is 35.5. The summed E-state index contributed by atoms with van der Waals surface area (Å²) in [5.74, 6) is 1.53. The number of ether oxygens (including phenoxy) is 3. The van der Waals surface area contributed by atoms with Crippen LogP contribution in [0.5, 0.6) is 11.5 Å². The van der Waals surface area contributed by atoms with Crippen molar-refractivity contribution in [1.82, 2.24) is 0 Å². The van der Waals surface area contributed by atoms with Crippen LogP contribution in [0.15, 0.2) is 61.2 Å². The summed E-state index contributed by atoms with van der Waals surface area (Å²) in [6.07, 6.45) is 0.275. The number of rotatable bonds is 13. The molecule has 0 heterocycles. The van der Waals surface area contributed by atoms with Crippen LogP contribution in [0.4, 0.5) is 0 Å². The van der Waals surface area contributed by atoms with Gasteiger partial charge in [0.05, 0.1) is 19.1 Å². The van der Waals surface area contributed by atoms with Crippen LogP contribution in [-0.4, -0.2) is 54.7 Å². The fraction of sp³-hybridized carbons (Fsp3) is 0.417. The van der Waals surface area contributed by atoms with E-state index in [0.717, 1.165) is 11.1 Å². The van der Waals surface area contributed by atoms with Crippen molar-refractivity contribution in [3.05, 3.63) is 72.3 Å². The minimum atomic E-state index is -0.688. The minimum absolute atomic E-state index is 0.146. The Kier molecular flexibility index (Phi) is 9.66. The van der Waals surface area contributed by atoms with Gasteiger partial charge < -0.3 is 24.4 Å². The van der Waals surface area contributed by atoms with E-state index in [-0.39, 0.29) is 31.1 Å². The standard InChI is InChI=1S/C24H31ClO5/c1-4-13-28-15-21(27)17-30-23-11-7-19(8-12-23)24(2,3)18-5-9-22(10-6-18)29-16-20(26)14-25/h4-12,20-21,26-27H,1,13-17H2,2-3H3/t20-,21-/m1/s1. The molecular formula is C24H31ClO5. The van der Waals surface area contributed by atoms with Crippen LogP contribution >= 0.6 is 11.6 Å². The molecule has 0 bridgehead atoms. The molecule has 0 amide bonds. The molecule has 0 saturated carbocycles. The van der Waals surface area contributed by atoms with Gasteiger partial charge in [-0.25, -0.2) is 0 Å². The molecule has 6 heteroatoms. The SMILES string of the molecule is C=CCOC[C@@H](O)COc1ccc(C(C)(C)c2ccc(OC[C@H](O)CCl)cc2)cc1. The number of hydrogen-bond acceptors (Lipinski definition) is 5. The molecular weight excluding hydrogens is 404 g/mol. The Labute approximate surface area is 183 Å². The summed E-state index contributed by atoms with van der Waals surface area (Å²) in [6, 6.07) is 15.7. The summed E-state index contributed by atoms with van der Waals surface area (Å²) in [5, 5.41) is 19.4. The molecule has 0 aliphatic heterocycles. The minimum Gasteiger partial charge on any atom is -0.491 e. The third-order valence-electron chi connectivity index (χ3n) is 4.76. The van der Waals surface area contributed by atoms with Gasteiger partial charge in [-0.05, 0) is 35.4 Å². The monoisotopic (exact) mass is 434 g/mol. The first-order chi connectivity index (χ1) is 14.4. The zero-order valence-corrected chi connectivity index (χ0v) is 18.3. The number of aliphatic hydroxyl groups excluding tert-OH is 2. The van der Waals surface area contributed by atoms with Crippen LogP contribution in [0.3, 0.4) is 0 Å². The molecule has 2 aromatic carbocycles. The Hall–Kier alpha value is -2.05. The molecule has 2 rings (SSSR count). The predicted molar refractivity (Wildman–Crippen MR) is 120 cm³/mol. The first kappa shape index (κ1) is 24.2. The van der Waals surface area contributed by atoms with Crippen molar-refractivity contribution in [1.29, 1.82) is 0 Å². The molecule has 30 heavy (non-hydrogen) atoms. The van der Waals surface area contributed by atoms with Crippen molar-refractivity contribution < 1.29 is 24.4 Å². The van der Waals surface area contributed by atoms with Gasteiger partial charge in [0.1, 0.15) is 36.9 Å². The van der Waals surface area contributed by atoms with Crippen molar-refractivity contribution in [2.75, 3.05) is 32.3 Å². The maximum atomic E-state index is 9.86. The molecule has 5 nitrogen and oxygen atoms in total. The zero-order chi connectivity index (χ0) is 22.0. The summed E-state index contributed by atoms with van der Waals surface area (Å²) in [6.45, 7) is 8.82. The summed E-state index contributed by atoms with van der Waals surface area (Å²) >= 11 is 5.58. The van der Waals surface area contributed by atoms with Crippen LogP contribution < -0.4 is 9.47 Å². The first-order valence-electron chi connectivity index (χ1n) is 9.94. The summed E-state index contributed by atoms with van der Waals surface area (Å²) in [7, 11) is 0. The highest BCUT2D eigenvalue weighted by Crippen LogP contribution is 2.33. The van der Waals surface area contributed by atoms with Crippen LogP contribution in [0.25, 0.3) is 0 Å². The third kappa shape index (κ3) is 7.33. The molecule has 2 atom stereocenters. The smallest absolute Gasteiger partial charge is 0.119 e. The Morgan fingerprint density at radius 2 is 1.33 bits per heavy atom. The van der Waals surface area contributed by atoms with E-state index in [0.29, 0.717) is 18.1 Å². The first-order valence-corrected chi connectivity index (χ1v) is 10.5. The maximum absolute atomic E-state index is 9.86. The molecule has 0 radical (unpaired) electrons. The lowest BCUT2D eigenvalue weighted by atomic mass is 9.78. The number of hydrogen-bond donors (Lipinski definition) is 2. The Morgan fingerprint density at radius 3 is 1.77 bits per heavy atom. The molecule has 0 spiro atoms. The molecule has 0 saturated heterocycles. The van der Waals surface area contributed by atoms with Crippen LogP contribution in [0.1, 0.15) is 25.0 Å². The normalized spacial score (nSPS) is 13.5. The number of benzene rings is 2. The van der Waals surface area contributed by atoms with Gasteiger partial charge in [0.25, 0.3) is 0 Å². The molecule has 0 unspecified atom stereocenters. The van der Waals surface area contributed by atoms with Gasteiger partial charge in [-0.3, -0.25) is 0 Å². The Balaban J connectivity index is 1.94. The summed E-state index contributed by atoms with van der Waals surface area (Å²) in [5.41, 5.74) is 2.05. The Bertz CT molecular complexity index is 758. The second-order valence-electron chi connectivity index (χ2n) is 7.58. The molecule has 164 valence electrons. The van der Waals surface area contributed by atoms with Crippen molar-refractivity contribution in [3.63, 3.8) is 0 Å². The van der Waals surface area contributed by atoms with E-state index in [2.05, 4.69) is 20.4 Å². The lowest BCUT2D eigenvalue weighted by Crippen LogP contribution is -2.23. The van der Waals surface area contributed by atoms with E-state index in [9.17, 15) is 10.2 Å². The van der Waals surface area contributed by atoms with Crippen LogP contribution in [0.2, 0.25) is 0 Å². The average molecular weight is 435 g/mol. The fourth-order valence-electron chi connectivity index (χ4n) is 2.87. The molecule has 2 aromatic rings. The van der Waals surface area contributed by atoms with E-state index >= 15 is 0 Å². The van der Waals surface area contributed by atoms with Gasteiger partial charge in [-0.2, -0.15) is 0 Å². The zero-order valence-electron chi connectivity index (χ0n) is 17.6. The topological polar surface area (TPSA) is 68.2 Å². The van der Waals surface area contributed by atoms with E-state index in [4.69, 9.17) is 25.8 Å². The van der Waals surface area contributed by atoms with Crippen molar-refractivity contribution >= 4 is 11.6 Å². The van der Waals surface area contributed by atoms with Gasteiger partial charge in [0.15, 0.2) is 0 Å². The molecule has 0 aliphatic rings.